The topological polar surface area (TPSA) is 92.5 Å². The van der Waals surface area contributed by atoms with Gasteiger partial charge in [0.2, 0.25) is 0 Å². The van der Waals surface area contributed by atoms with Crippen LogP contribution in [0.2, 0.25) is 0 Å². The van der Waals surface area contributed by atoms with E-state index < -0.39 is 22.3 Å². The van der Waals surface area contributed by atoms with Crippen LogP contribution in [0, 0.1) is 10.1 Å². The molecule has 0 saturated heterocycles. The number of carbonyl (C=O) groups excluding carboxylic acids is 1. The lowest BCUT2D eigenvalue weighted by molar-refractivity contribution is -0.385. The number of benzene rings is 2. The summed E-state index contributed by atoms with van der Waals surface area (Å²) < 4.78 is 0.870. The minimum atomic E-state index is -0.708. The van der Waals surface area contributed by atoms with Gasteiger partial charge in [-0.1, -0.05) is 34.1 Å². The fourth-order valence-corrected chi connectivity index (χ4v) is 2.63. The molecule has 1 atom stereocenters. The van der Waals surface area contributed by atoms with Crippen LogP contribution in [0.1, 0.15) is 28.9 Å². The molecule has 2 aromatic carbocycles. The van der Waals surface area contributed by atoms with E-state index in [2.05, 4.69) is 21.2 Å². The van der Waals surface area contributed by atoms with Crippen LogP contribution >= 0.6 is 15.9 Å². The quantitative estimate of drug-likeness (QED) is 0.640. The molecule has 2 aromatic rings. The molecule has 0 radical (unpaired) electrons. The monoisotopic (exact) mass is 364 g/mol. The number of nitrogens with zero attached hydrogens (tertiary/aromatic N) is 1. The molecule has 0 aliphatic rings. The van der Waals surface area contributed by atoms with E-state index in [-0.39, 0.29) is 11.6 Å². The van der Waals surface area contributed by atoms with E-state index in [1.54, 1.807) is 0 Å². The summed E-state index contributed by atoms with van der Waals surface area (Å²) in [5, 5.41) is 23.0. The van der Waals surface area contributed by atoms with E-state index in [1.807, 2.05) is 31.2 Å². The third kappa shape index (κ3) is 3.43. The molecule has 0 aliphatic carbocycles. The van der Waals surface area contributed by atoms with E-state index >= 15 is 0 Å². The van der Waals surface area contributed by atoms with Gasteiger partial charge in [0.25, 0.3) is 5.91 Å². The summed E-state index contributed by atoms with van der Waals surface area (Å²) in [6, 6.07) is 10.7. The van der Waals surface area contributed by atoms with Crippen LogP contribution in [0.5, 0.6) is 5.75 Å². The Labute approximate surface area is 135 Å². The Bertz CT molecular complexity index is 733. The molecule has 2 rings (SSSR count). The average Bonchev–Trinajstić information content (AvgIpc) is 2.46. The molecule has 0 bridgehead atoms. The van der Waals surface area contributed by atoms with Crippen LogP contribution in [0.4, 0.5) is 5.69 Å². The lowest BCUT2D eigenvalue weighted by Gasteiger charge is -2.16. The molecule has 0 heterocycles. The largest absolute Gasteiger partial charge is 0.502 e. The van der Waals surface area contributed by atoms with Crippen LogP contribution < -0.4 is 5.32 Å². The first-order valence-electron chi connectivity index (χ1n) is 6.43. The first kappa shape index (κ1) is 16.0. The fourth-order valence-electron chi connectivity index (χ4n) is 2.00. The molecule has 0 fully saturated rings. The summed E-state index contributed by atoms with van der Waals surface area (Å²) in [6.07, 6.45) is 0. The van der Waals surface area contributed by atoms with E-state index in [0.29, 0.717) is 0 Å². The minimum Gasteiger partial charge on any atom is -0.502 e. The van der Waals surface area contributed by atoms with E-state index in [1.165, 1.54) is 6.07 Å². The van der Waals surface area contributed by atoms with Gasteiger partial charge in [-0.2, -0.15) is 0 Å². The van der Waals surface area contributed by atoms with Crippen LogP contribution in [0.3, 0.4) is 0 Å². The van der Waals surface area contributed by atoms with E-state index in [9.17, 15) is 20.0 Å². The van der Waals surface area contributed by atoms with Gasteiger partial charge in [0.15, 0.2) is 5.75 Å². The highest BCUT2D eigenvalue weighted by atomic mass is 79.9. The van der Waals surface area contributed by atoms with Gasteiger partial charge in [-0.05, 0) is 30.7 Å². The van der Waals surface area contributed by atoms with E-state index in [0.717, 1.165) is 22.2 Å². The second kappa shape index (κ2) is 6.57. The maximum Gasteiger partial charge on any atom is 0.310 e. The molecule has 2 N–H and O–H groups in total. The Morgan fingerprint density at radius 2 is 2.00 bits per heavy atom. The Balaban J connectivity index is 2.17. The Morgan fingerprint density at radius 3 is 2.59 bits per heavy atom. The molecular formula is C15H13BrN2O4. The Hall–Kier alpha value is -2.41. The lowest BCUT2D eigenvalue weighted by Crippen LogP contribution is -2.26. The van der Waals surface area contributed by atoms with Crippen LogP contribution in [0.15, 0.2) is 46.9 Å². The summed E-state index contributed by atoms with van der Waals surface area (Å²) in [4.78, 5) is 22.1. The molecule has 0 saturated carbocycles. The highest BCUT2D eigenvalue weighted by Crippen LogP contribution is 2.27. The molecular weight excluding hydrogens is 352 g/mol. The van der Waals surface area contributed by atoms with Gasteiger partial charge in [-0.3, -0.25) is 14.9 Å². The zero-order valence-corrected chi connectivity index (χ0v) is 13.2. The van der Waals surface area contributed by atoms with Gasteiger partial charge in [0.05, 0.1) is 11.0 Å². The first-order valence-corrected chi connectivity index (χ1v) is 7.22. The van der Waals surface area contributed by atoms with Gasteiger partial charge in [-0.25, -0.2) is 0 Å². The van der Waals surface area contributed by atoms with Gasteiger partial charge in [-0.15, -0.1) is 0 Å². The summed E-state index contributed by atoms with van der Waals surface area (Å²) in [5.41, 5.74) is 0.624. The molecule has 0 aliphatic heterocycles. The molecule has 22 heavy (non-hydrogen) atoms. The fraction of sp³-hybridized carbons (Fsp3) is 0.133. The summed E-state index contributed by atoms with van der Waals surface area (Å²) in [7, 11) is 0. The zero-order valence-electron chi connectivity index (χ0n) is 11.6. The van der Waals surface area contributed by atoms with Crippen molar-refractivity contribution < 1.29 is 14.8 Å². The number of hydrogen-bond donors (Lipinski definition) is 2. The SMILES string of the molecule is CC(NC(=O)c1ccc([N+](=O)[O-])c(O)c1)c1ccccc1Br. The van der Waals surface area contributed by atoms with Gasteiger partial charge in [0, 0.05) is 16.1 Å². The van der Waals surface area contributed by atoms with Crippen molar-refractivity contribution in [3.63, 3.8) is 0 Å². The molecule has 6 nitrogen and oxygen atoms in total. The van der Waals surface area contributed by atoms with Crippen molar-refractivity contribution in [3.8, 4) is 5.75 Å². The number of nitro groups is 1. The number of carbonyl (C=O) groups is 1. The van der Waals surface area contributed by atoms with Crippen LogP contribution in [-0.2, 0) is 0 Å². The molecule has 0 spiro atoms. The lowest BCUT2D eigenvalue weighted by atomic mass is 10.1. The standard InChI is InChI=1S/C15H13BrN2O4/c1-9(11-4-2-3-5-12(11)16)17-15(20)10-6-7-13(18(21)22)14(19)8-10/h2-9,19H,1H3,(H,17,20). The number of phenols is 1. The number of aromatic hydroxyl groups is 1. The molecule has 0 aromatic heterocycles. The Kier molecular flexibility index (Phi) is 4.77. The second-order valence-electron chi connectivity index (χ2n) is 4.68. The van der Waals surface area contributed by atoms with Crippen molar-refractivity contribution >= 4 is 27.5 Å². The maximum absolute atomic E-state index is 12.2. The molecule has 1 amide bonds. The highest BCUT2D eigenvalue weighted by Gasteiger charge is 2.18. The van der Waals surface area contributed by atoms with Crippen LogP contribution in [-0.4, -0.2) is 15.9 Å². The highest BCUT2D eigenvalue weighted by molar-refractivity contribution is 9.10. The van der Waals surface area contributed by atoms with Crippen molar-refractivity contribution in [2.45, 2.75) is 13.0 Å². The second-order valence-corrected chi connectivity index (χ2v) is 5.53. The average molecular weight is 365 g/mol. The van der Waals surface area contributed by atoms with Crippen molar-refractivity contribution in [2.24, 2.45) is 0 Å². The number of amides is 1. The van der Waals surface area contributed by atoms with Gasteiger partial charge < -0.3 is 10.4 Å². The first-order chi connectivity index (χ1) is 10.4. The summed E-state index contributed by atoms with van der Waals surface area (Å²) in [5.74, 6) is -0.959. The normalized spacial score (nSPS) is 11.7. The summed E-state index contributed by atoms with van der Waals surface area (Å²) in [6.45, 7) is 1.82. The van der Waals surface area contributed by atoms with Crippen molar-refractivity contribution in [2.75, 3.05) is 0 Å². The van der Waals surface area contributed by atoms with E-state index in [4.69, 9.17) is 0 Å². The number of rotatable bonds is 4. The summed E-state index contributed by atoms with van der Waals surface area (Å²) >= 11 is 3.41. The van der Waals surface area contributed by atoms with Crippen molar-refractivity contribution in [1.29, 1.82) is 0 Å². The van der Waals surface area contributed by atoms with Crippen molar-refractivity contribution in [1.82, 2.24) is 5.32 Å². The third-order valence-electron chi connectivity index (χ3n) is 3.15. The van der Waals surface area contributed by atoms with Gasteiger partial charge >= 0.3 is 5.69 Å². The maximum atomic E-state index is 12.2. The molecule has 1 unspecified atom stereocenters. The van der Waals surface area contributed by atoms with Crippen LogP contribution in [0.25, 0.3) is 0 Å². The van der Waals surface area contributed by atoms with Gasteiger partial charge in [0.1, 0.15) is 0 Å². The zero-order chi connectivity index (χ0) is 16.3. The molecule has 7 heteroatoms. The number of nitro benzene ring substituents is 1. The number of hydrogen-bond acceptors (Lipinski definition) is 4. The van der Waals surface area contributed by atoms with Crippen molar-refractivity contribution in [3.05, 3.63) is 68.2 Å². The Morgan fingerprint density at radius 1 is 1.32 bits per heavy atom. The predicted molar refractivity (Wildman–Crippen MR) is 84.8 cm³/mol. The third-order valence-corrected chi connectivity index (χ3v) is 3.88. The number of nitrogens with one attached hydrogen (secondary N) is 1. The molecule has 114 valence electrons. The number of phenolic OH excluding ortho intramolecular Hbond substituents is 1. The number of halogens is 1. The minimum absolute atomic E-state index is 0.155. The predicted octanol–water partition coefficient (Wildman–Crippen LogP) is 3.55. The smallest absolute Gasteiger partial charge is 0.310 e.